The van der Waals surface area contributed by atoms with Gasteiger partial charge in [-0.2, -0.15) is 0 Å². The van der Waals surface area contributed by atoms with Gasteiger partial charge in [0.2, 0.25) is 0 Å². The Balaban J connectivity index is 0.000000696. The minimum atomic E-state index is -4.67. The van der Waals surface area contributed by atoms with Crippen molar-refractivity contribution in [2.75, 3.05) is 6.54 Å². The van der Waals surface area contributed by atoms with Gasteiger partial charge in [0.15, 0.2) is 0 Å². The van der Waals surface area contributed by atoms with Crippen LogP contribution in [0.5, 0.6) is 5.75 Å². The summed E-state index contributed by atoms with van der Waals surface area (Å²) in [4.78, 5) is 0. The Morgan fingerprint density at radius 3 is 2.14 bits per heavy atom. The van der Waals surface area contributed by atoms with Crippen molar-refractivity contribution in [1.29, 1.82) is 0 Å². The smallest absolute Gasteiger partial charge is 0.406 e. The summed E-state index contributed by atoms with van der Waals surface area (Å²) >= 11 is 0. The third-order valence-corrected chi connectivity index (χ3v) is 4.25. The van der Waals surface area contributed by atoms with Gasteiger partial charge in [-0.15, -0.1) is 13.2 Å². The largest absolute Gasteiger partial charge is 0.573 e. The highest BCUT2D eigenvalue weighted by Crippen LogP contribution is 2.30. The lowest BCUT2D eigenvalue weighted by atomic mass is 9.92. The number of hydrogen-bond acceptors (Lipinski definition) is 2. The van der Waals surface area contributed by atoms with Gasteiger partial charge in [0.25, 0.3) is 0 Å². The summed E-state index contributed by atoms with van der Waals surface area (Å²) in [5, 5.41) is 0. The van der Waals surface area contributed by atoms with Crippen molar-refractivity contribution >= 4 is 5.57 Å². The predicted molar refractivity (Wildman–Crippen MR) is 110 cm³/mol. The molecule has 154 valence electrons. The van der Waals surface area contributed by atoms with Gasteiger partial charge in [-0.25, -0.2) is 0 Å². The van der Waals surface area contributed by atoms with Crippen molar-refractivity contribution in [3.05, 3.63) is 70.8 Å². The van der Waals surface area contributed by atoms with Crippen LogP contribution in [0.2, 0.25) is 0 Å². The van der Waals surface area contributed by atoms with Crippen LogP contribution in [-0.4, -0.2) is 12.9 Å². The standard InChI is InChI=1S/C19H19F3O.C4H11N/c1-4-14-7-6-13(3)18(12-14)17(5-2)15-8-10-16(11-9-15)23-19(20,21)22;1-2-3-4-5/h5-12H,4H2,1-3H3;2-5H2,1H3/b17-5-;. The molecule has 0 saturated carbocycles. The summed E-state index contributed by atoms with van der Waals surface area (Å²) < 4.78 is 40.6. The molecule has 2 aromatic rings. The van der Waals surface area contributed by atoms with Crippen molar-refractivity contribution in [2.45, 2.75) is 53.3 Å². The molecule has 0 amide bonds. The molecule has 0 aliphatic rings. The monoisotopic (exact) mass is 393 g/mol. The van der Waals surface area contributed by atoms with E-state index in [-0.39, 0.29) is 5.75 Å². The molecule has 2 nitrogen and oxygen atoms in total. The zero-order valence-corrected chi connectivity index (χ0v) is 17.1. The summed E-state index contributed by atoms with van der Waals surface area (Å²) in [6, 6.07) is 12.3. The molecule has 0 radical (unpaired) electrons. The highest BCUT2D eigenvalue weighted by atomic mass is 19.4. The van der Waals surface area contributed by atoms with Crippen molar-refractivity contribution in [2.24, 2.45) is 5.73 Å². The van der Waals surface area contributed by atoms with E-state index in [9.17, 15) is 13.2 Å². The molecular weight excluding hydrogens is 363 g/mol. The maximum Gasteiger partial charge on any atom is 0.573 e. The lowest BCUT2D eigenvalue weighted by molar-refractivity contribution is -0.274. The van der Waals surface area contributed by atoms with Crippen LogP contribution in [0.3, 0.4) is 0 Å². The third kappa shape index (κ3) is 7.77. The molecule has 0 saturated heterocycles. The van der Waals surface area contributed by atoms with E-state index in [1.54, 1.807) is 12.1 Å². The second-order valence-corrected chi connectivity index (χ2v) is 6.42. The first-order chi connectivity index (χ1) is 13.3. The van der Waals surface area contributed by atoms with E-state index < -0.39 is 6.36 Å². The Kier molecular flexibility index (Phi) is 9.80. The van der Waals surface area contributed by atoms with Gasteiger partial charge in [0, 0.05) is 0 Å². The fraction of sp³-hybridized carbons (Fsp3) is 0.391. The quantitative estimate of drug-likeness (QED) is 0.596. The van der Waals surface area contributed by atoms with E-state index in [1.807, 2.05) is 19.9 Å². The number of aryl methyl sites for hydroxylation is 2. The van der Waals surface area contributed by atoms with Crippen LogP contribution in [0, 0.1) is 6.92 Å². The molecule has 2 aromatic carbocycles. The molecule has 2 rings (SSSR count). The topological polar surface area (TPSA) is 35.2 Å². The summed E-state index contributed by atoms with van der Waals surface area (Å²) in [6.45, 7) is 9.02. The van der Waals surface area contributed by atoms with Gasteiger partial charge >= 0.3 is 6.36 Å². The summed E-state index contributed by atoms with van der Waals surface area (Å²) in [5.41, 5.74) is 10.4. The number of rotatable bonds is 6. The Morgan fingerprint density at radius 2 is 1.71 bits per heavy atom. The first-order valence-electron chi connectivity index (χ1n) is 9.58. The highest BCUT2D eigenvalue weighted by Gasteiger charge is 2.31. The molecule has 0 bridgehead atoms. The molecule has 28 heavy (non-hydrogen) atoms. The fourth-order valence-corrected chi connectivity index (χ4v) is 2.70. The molecule has 0 unspecified atom stereocenters. The molecule has 0 aromatic heterocycles. The Bertz CT molecular complexity index is 747. The van der Waals surface area contributed by atoms with Gasteiger partial charge in [-0.3, -0.25) is 0 Å². The van der Waals surface area contributed by atoms with E-state index in [0.29, 0.717) is 0 Å². The molecule has 0 aliphatic carbocycles. The first kappa shape index (κ1) is 23.8. The lowest BCUT2D eigenvalue weighted by Gasteiger charge is -2.14. The molecule has 0 aliphatic heterocycles. The van der Waals surface area contributed by atoms with E-state index in [1.165, 1.54) is 30.5 Å². The number of unbranched alkanes of at least 4 members (excludes halogenated alkanes) is 1. The first-order valence-corrected chi connectivity index (χ1v) is 9.58. The van der Waals surface area contributed by atoms with Gasteiger partial charge < -0.3 is 10.5 Å². The zero-order chi connectivity index (χ0) is 21.2. The summed E-state index contributed by atoms with van der Waals surface area (Å²) in [5.74, 6) is -0.212. The second-order valence-electron chi connectivity index (χ2n) is 6.42. The normalized spacial score (nSPS) is 11.6. The van der Waals surface area contributed by atoms with Gasteiger partial charge in [0.05, 0.1) is 0 Å². The van der Waals surface area contributed by atoms with Crippen molar-refractivity contribution in [1.82, 2.24) is 0 Å². The van der Waals surface area contributed by atoms with Crippen molar-refractivity contribution in [3.8, 4) is 5.75 Å². The van der Waals surface area contributed by atoms with E-state index >= 15 is 0 Å². The average molecular weight is 393 g/mol. The van der Waals surface area contributed by atoms with E-state index in [0.717, 1.165) is 35.2 Å². The summed E-state index contributed by atoms with van der Waals surface area (Å²) in [6.07, 6.45) is 0.623. The summed E-state index contributed by atoms with van der Waals surface area (Å²) in [7, 11) is 0. The van der Waals surface area contributed by atoms with Gasteiger partial charge in [-0.05, 0) is 73.2 Å². The molecule has 2 N–H and O–H groups in total. The minimum absolute atomic E-state index is 0.212. The highest BCUT2D eigenvalue weighted by molar-refractivity contribution is 5.81. The van der Waals surface area contributed by atoms with Crippen LogP contribution < -0.4 is 10.5 Å². The van der Waals surface area contributed by atoms with Crippen LogP contribution in [-0.2, 0) is 6.42 Å². The molecular formula is C23H30F3NO. The van der Waals surface area contributed by atoms with Crippen LogP contribution in [0.25, 0.3) is 5.57 Å². The fourth-order valence-electron chi connectivity index (χ4n) is 2.70. The minimum Gasteiger partial charge on any atom is -0.406 e. The molecule has 0 heterocycles. The number of benzene rings is 2. The van der Waals surface area contributed by atoms with Crippen LogP contribution in [0.15, 0.2) is 48.5 Å². The van der Waals surface area contributed by atoms with Crippen molar-refractivity contribution < 1.29 is 17.9 Å². The molecule has 0 spiro atoms. The Labute approximate surface area is 166 Å². The van der Waals surface area contributed by atoms with E-state index in [4.69, 9.17) is 5.73 Å². The number of hydrogen-bond donors (Lipinski definition) is 1. The van der Waals surface area contributed by atoms with Gasteiger partial charge in [-0.1, -0.05) is 56.7 Å². The van der Waals surface area contributed by atoms with Crippen LogP contribution in [0.4, 0.5) is 13.2 Å². The Morgan fingerprint density at radius 1 is 1.07 bits per heavy atom. The molecule has 0 fully saturated rings. The maximum absolute atomic E-state index is 12.2. The zero-order valence-electron chi connectivity index (χ0n) is 17.1. The van der Waals surface area contributed by atoms with E-state index in [2.05, 4.69) is 36.8 Å². The number of halogens is 3. The van der Waals surface area contributed by atoms with Crippen molar-refractivity contribution in [3.63, 3.8) is 0 Å². The number of nitrogens with two attached hydrogens (primary N) is 1. The van der Waals surface area contributed by atoms with Gasteiger partial charge in [0.1, 0.15) is 5.75 Å². The van der Waals surface area contributed by atoms with Crippen LogP contribution in [0.1, 0.15) is 55.9 Å². The maximum atomic E-state index is 12.2. The lowest BCUT2D eigenvalue weighted by Crippen LogP contribution is -2.17. The SMILES string of the molecule is C/C=C(/c1ccc(OC(F)(F)F)cc1)c1cc(CC)ccc1C.CCCCN. The average Bonchev–Trinajstić information content (AvgIpc) is 2.65. The number of ether oxygens (including phenoxy) is 1. The van der Waals surface area contributed by atoms with Crippen LogP contribution >= 0.6 is 0 Å². The number of alkyl halides is 3. The molecule has 5 heteroatoms. The number of allylic oxidation sites excluding steroid dienone is 1. The molecule has 0 atom stereocenters. The Hall–Kier alpha value is -2.27. The predicted octanol–water partition coefficient (Wildman–Crippen LogP) is 6.65. The second kappa shape index (κ2) is 11.5. The third-order valence-electron chi connectivity index (χ3n) is 4.25.